The van der Waals surface area contributed by atoms with Gasteiger partial charge in [-0.3, -0.25) is 4.90 Å². The van der Waals surface area contributed by atoms with Crippen LogP contribution in [0.2, 0.25) is 0 Å². The van der Waals surface area contributed by atoms with Crippen LogP contribution in [0.3, 0.4) is 0 Å². The molecule has 1 aliphatic rings. The van der Waals surface area contributed by atoms with Crippen molar-refractivity contribution in [2.75, 3.05) is 46.4 Å². The molecule has 0 amide bonds. The van der Waals surface area contributed by atoms with Gasteiger partial charge in [0.25, 0.3) is 0 Å². The van der Waals surface area contributed by atoms with Crippen molar-refractivity contribution >= 4 is 5.96 Å². The maximum Gasteiger partial charge on any atom is 0.194 e. The standard InChI is InChI=1S/C19H32N4O2/c1-5-20-19(23-11-9-22(10-12-23)14-15(2)3)21-13-16-7-6-8-17(25-4)18(16)24/h6-8,15,24H,5,9-14H2,1-4H3,(H,20,21). The Kier molecular flexibility index (Phi) is 7.37. The van der Waals surface area contributed by atoms with Gasteiger partial charge in [-0.2, -0.15) is 0 Å². The zero-order chi connectivity index (χ0) is 18.2. The number of para-hydroxylation sites is 1. The van der Waals surface area contributed by atoms with Crippen molar-refractivity contribution in [1.82, 2.24) is 15.1 Å². The second kappa shape index (κ2) is 9.51. The van der Waals surface area contributed by atoms with Crippen LogP contribution in [0.5, 0.6) is 11.5 Å². The number of aliphatic imine (C=N–C) groups is 1. The van der Waals surface area contributed by atoms with Gasteiger partial charge in [0.2, 0.25) is 0 Å². The minimum Gasteiger partial charge on any atom is -0.504 e. The Morgan fingerprint density at radius 3 is 2.60 bits per heavy atom. The first-order valence-corrected chi connectivity index (χ1v) is 9.15. The smallest absolute Gasteiger partial charge is 0.194 e. The van der Waals surface area contributed by atoms with Gasteiger partial charge in [0.15, 0.2) is 17.5 Å². The maximum atomic E-state index is 10.2. The summed E-state index contributed by atoms with van der Waals surface area (Å²) in [5, 5.41) is 13.6. The first kappa shape index (κ1) is 19.4. The average molecular weight is 348 g/mol. The van der Waals surface area contributed by atoms with Gasteiger partial charge in [0.1, 0.15) is 0 Å². The lowest BCUT2D eigenvalue weighted by Crippen LogP contribution is -2.53. The molecule has 0 radical (unpaired) electrons. The van der Waals surface area contributed by atoms with Crippen molar-refractivity contribution in [2.45, 2.75) is 27.3 Å². The van der Waals surface area contributed by atoms with Crippen LogP contribution >= 0.6 is 0 Å². The fourth-order valence-electron chi connectivity index (χ4n) is 3.10. The van der Waals surface area contributed by atoms with Crippen molar-refractivity contribution in [2.24, 2.45) is 10.9 Å². The molecule has 1 aromatic rings. The number of phenols is 1. The maximum absolute atomic E-state index is 10.2. The molecule has 0 aliphatic carbocycles. The molecule has 0 unspecified atom stereocenters. The molecule has 0 aromatic heterocycles. The minimum atomic E-state index is 0.173. The lowest BCUT2D eigenvalue weighted by Gasteiger charge is -2.37. The quantitative estimate of drug-likeness (QED) is 0.609. The number of nitrogens with one attached hydrogen (secondary N) is 1. The molecule has 6 nitrogen and oxygen atoms in total. The highest BCUT2D eigenvalue weighted by molar-refractivity contribution is 5.80. The number of piperazine rings is 1. The molecule has 0 atom stereocenters. The fraction of sp³-hybridized carbons (Fsp3) is 0.632. The number of nitrogens with zero attached hydrogens (tertiary/aromatic N) is 3. The Hall–Kier alpha value is -1.95. The molecule has 1 aromatic carbocycles. The molecule has 0 spiro atoms. The van der Waals surface area contributed by atoms with Crippen LogP contribution < -0.4 is 10.1 Å². The van der Waals surface area contributed by atoms with E-state index in [0.717, 1.165) is 50.8 Å². The topological polar surface area (TPSA) is 60.3 Å². The van der Waals surface area contributed by atoms with Crippen molar-refractivity contribution in [1.29, 1.82) is 0 Å². The SMILES string of the molecule is CCNC(=NCc1cccc(OC)c1O)N1CCN(CC(C)C)CC1. The van der Waals surface area contributed by atoms with Gasteiger partial charge in [-0.15, -0.1) is 0 Å². The van der Waals surface area contributed by atoms with E-state index in [-0.39, 0.29) is 5.75 Å². The third-order valence-electron chi connectivity index (χ3n) is 4.33. The normalized spacial score (nSPS) is 16.4. The summed E-state index contributed by atoms with van der Waals surface area (Å²) in [7, 11) is 1.56. The molecular weight excluding hydrogens is 316 g/mol. The molecule has 2 rings (SSSR count). The molecule has 6 heteroatoms. The summed E-state index contributed by atoms with van der Waals surface area (Å²) in [6.07, 6.45) is 0. The molecular formula is C19H32N4O2. The van der Waals surface area contributed by atoms with Crippen molar-refractivity contribution < 1.29 is 9.84 Å². The summed E-state index contributed by atoms with van der Waals surface area (Å²) >= 11 is 0. The van der Waals surface area contributed by atoms with Gasteiger partial charge >= 0.3 is 0 Å². The number of rotatable bonds is 6. The lowest BCUT2D eigenvalue weighted by atomic mass is 10.2. The van der Waals surface area contributed by atoms with E-state index in [1.165, 1.54) is 0 Å². The summed E-state index contributed by atoms with van der Waals surface area (Å²) < 4.78 is 5.17. The van der Waals surface area contributed by atoms with Gasteiger partial charge in [0.05, 0.1) is 13.7 Å². The van der Waals surface area contributed by atoms with E-state index in [9.17, 15) is 5.11 Å². The van der Waals surface area contributed by atoms with Gasteiger partial charge in [-0.1, -0.05) is 26.0 Å². The molecule has 140 valence electrons. The molecule has 2 N–H and O–H groups in total. The second-order valence-corrected chi connectivity index (χ2v) is 6.82. The Morgan fingerprint density at radius 2 is 2.00 bits per heavy atom. The van der Waals surface area contributed by atoms with Crippen LogP contribution in [0, 0.1) is 5.92 Å². The number of aromatic hydroxyl groups is 1. The van der Waals surface area contributed by atoms with Crippen LogP contribution in [0.1, 0.15) is 26.3 Å². The summed E-state index contributed by atoms with van der Waals surface area (Å²) in [4.78, 5) is 9.54. The van der Waals surface area contributed by atoms with Crippen LogP contribution in [-0.2, 0) is 6.54 Å². The Labute approximate surface area is 151 Å². The average Bonchev–Trinajstić information content (AvgIpc) is 2.60. The number of phenolic OH excluding ortho intramolecular Hbond substituents is 1. The van der Waals surface area contributed by atoms with Crippen LogP contribution in [0.4, 0.5) is 0 Å². The van der Waals surface area contributed by atoms with E-state index < -0.39 is 0 Å². The van der Waals surface area contributed by atoms with Gasteiger partial charge in [-0.25, -0.2) is 4.99 Å². The van der Waals surface area contributed by atoms with Crippen LogP contribution in [0.25, 0.3) is 0 Å². The number of benzene rings is 1. The van der Waals surface area contributed by atoms with Gasteiger partial charge in [0, 0.05) is 44.8 Å². The number of methoxy groups -OCH3 is 1. The van der Waals surface area contributed by atoms with E-state index in [0.29, 0.717) is 18.2 Å². The Morgan fingerprint density at radius 1 is 1.28 bits per heavy atom. The van der Waals surface area contributed by atoms with E-state index in [2.05, 4.69) is 35.9 Å². The third-order valence-corrected chi connectivity index (χ3v) is 4.33. The molecule has 1 saturated heterocycles. The van der Waals surface area contributed by atoms with E-state index in [4.69, 9.17) is 9.73 Å². The van der Waals surface area contributed by atoms with Crippen LogP contribution in [0.15, 0.2) is 23.2 Å². The highest BCUT2D eigenvalue weighted by atomic mass is 16.5. The zero-order valence-corrected chi connectivity index (χ0v) is 16.0. The molecule has 0 saturated carbocycles. The number of hydrogen-bond acceptors (Lipinski definition) is 4. The highest BCUT2D eigenvalue weighted by Crippen LogP contribution is 2.29. The Bertz CT molecular complexity index is 567. The first-order valence-electron chi connectivity index (χ1n) is 9.15. The molecule has 1 fully saturated rings. The third kappa shape index (κ3) is 5.53. The number of ether oxygens (including phenoxy) is 1. The van der Waals surface area contributed by atoms with E-state index in [1.54, 1.807) is 13.2 Å². The number of guanidine groups is 1. The van der Waals surface area contributed by atoms with Crippen molar-refractivity contribution in [3.05, 3.63) is 23.8 Å². The molecule has 25 heavy (non-hydrogen) atoms. The number of hydrogen-bond donors (Lipinski definition) is 2. The summed E-state index contributed by atoms with van der Waals surface area (Å²) in [5.41, 5.74) is 0.771. The fourth-order valence-corrected chi connectivity index (χ4v) is 3.10. The Balaban J connectivity index is 2.02. The van der Waals surface area contributed by atoms with Crippen molar-refractivity contribution in [3.63, 3.8) is 0 Å². The summed E-state index contributed by atoms with van der Waals surface area (Å²) in [5.74, 6) is 2.27. The minimum absolute atomic E-state index is 0.173. The largest absolute Gasteiger partial charge is 0.504 e. The predicted octanol–water partition coefficient (Wildman–Crippen LogP) is 2.14. The van der Waals surface area contributed by atoms with Gasteiger partial charge < -0.3 is 20.1 Å². The molecule has 1 aliphatic heterocycles. The van der Waals surface area contributed by atoms with E-state index >= 15 is 0 Å². The zero-order valence-electron chi connectivity index (χ0n) is 16.0. The highest BCUT2D eigenvalue weighted by Gasteiger charge is 2.20. The molecule has 0 bridgehead atoms. The monoisotopic (exact) mass is 348 g/mol. The predicted molar refractivity (Wildman–Crippen MR) is 102 cm³/mol. The van der Waals surface area contributed by atoms with Crippen molar-refractivity contribution in [3.8, 4) is 11.5 Å². The first-order chi connectivity index (χ1) is 12.0. The summed E-state index contributed by atoms with van der Waals surface area (Å²) in [6.45, 7) is 13.1. The lowest BCUT2D eigenvalue weighted by molar-refractivity contribution is 0.164. The van der Waals surface area contributed by atoms with Gasteiger partial charge in [-0.05, 0) is 18.9 Å². The van der Waals surface area contributed by atoms with E-state index in [1.807, 2.05) is 12.1 Å². The summed E-state index contributed by atoms with van der Waals surface area (Å²) in [6, 6.07) is 5.51. The second-order valence-electron chi connectivity index (χ2n) is 6.82. The van der Waals surface area contributed by atoms with Crippen LogP contribution in [-0.4, -0.2) is 67.2 Å². The molecule has 1 heterocycles.